The van der Waals surface area contributed by atoms with Crippen LogP contribution < -0.4 is 4.74 Å². The van der Waals surface area contributed by atoms with Gasteiger partial charge in [0.1, 0.15) is 17.2 Å². The number of nitrogens with zero attached hydrogens (tertiary/aromatic N) is 1. The highest BCUT2D eigenvalue weighted by Crippen LogP contribution is 2.30. The molecule has 0 radical (unpaired) electrons. The summed E-state index contributed by atoms with van der Waals surface area (Å²) in [5.41, 5.74) is 1.46. The van der Waals surface area contributed by atoms with Crippen molar-refractivity contribution in [3.8, 4) is 5.75 Å². The zero-order valence-corrected chi connectivity index (χ0v) is 11.0. The van der Waals surface area contributed by atoms with Crippen LogP contribution in [0.2, 0.25) is 0 Å². The lowest BCUT2D eigenvalue weighted by Gasteiger charge is -2.05. The molecule has 1 aromatic carbocycles. The van der Waals surface area contributed by atoms with Gasteiger partial charge < -0.3 is 9.84 Å². The second kappa shape index (κ2) is 5.27. The van der Waals surface area contributed by atoms with Crippen molar-refractivity contribution in [2.45, 2.75) is 6.92 Å². The van der Waals surface area contributed by atoms with E-state index in [0.29, 0.717) is 28.5 Å². The Kier molecular flexibility index (Phi) is 3.72. The number of hydrogen-bond acceptors (Lipinski definition) is 5. The maximum atomic E-state index is 11.6. The fourth-order valence-electron chi connectivity index (χ4n) is 1.71. The second-order valence-electron chi connectivity index (χ2n) is 3.77. The van der Waals surface area contributed by atoms with Gasteiger partial charge in [0.2, 0.25) is 5.12 Å². The molecule has 1 N–H and O–H groups in total. The summed E-state index contributed by atoms with van der Waals surface area (Å²) in [5, 5.41) is 9.52. The summed E-state index contributed by atoms with van der Waals surface area (Å²) in [6, 6.07) is 7.28. The number of para-hydroxylation sites is 2. The Hall–Kier alpha value is -1.75. The Labute approximate surface area is 109 Å². The average Bonchev–Trinajstić information content (AvgIpc) is 2.69. The Balaban J connectivity index is 2.39. The van der Waals surface area contributed by atoms with Crippen LogP contribution >= 0.6 is 11.8 Å². The standard InChI is InChI=1S/C13H13NO3S/c1-8(12-10(15)7-18-13(12)16)14-9-5-3-4-6-11(9)17-2/h3-6,15H,7H2,1-2H3. The number of carbonyl (C=O) groups excluding carboxylic acids is 1. The third-order valence-electron chi connectivity index (χ3n) is 2.57. The van der Waals surface area contributed by atoms with Gasteiger partial charge in [-0.2, -0.15) is 0 Å². The lowest BCUT2D eigenvalue weighted by atomic mass is 10.1. The van der Waals surface area contributed by atoms with Crippen molar-refractivity contribution in [1.82, 2.24) is 0 Å². The molecule has 0 aromatic heterocycles. The van der Waals surface area contributed by atoms with E-state index >= 15 is 0 Å². The average molecular weight is 263 g/mol. The summed E-state index contributed by atoms with van der Waals surface area (Å²) in [6.07, 6.45) is 0. The third kappa shape index (κ3) is 2.41. The lowest BCUT2D eigenvalue weighted by molar-refractivity contribution is -0.107. The van der Waals surface area contributed by atoms with E-state index in [-0.39, 0.29) is 10.9 Å². The van der Waals surface area contributed by atoms with E-state index in [0.717, 1.165) is 11.8 Å². The minimum atomic E-state index is -0.136. The predicted molar refractivity (Wildman–Crippen MR) is 72.9 cm³/mol. The first kappa shape index (κ1) is 12.7. The molecule has 0 unspecified atom stereocenters. The molecular weight excluding hydrogens is 250 g/mol. The number of aliphatic imine (C=N–C) groups is 1. The molecule has 0 aliphatic carbocycles. The van der Waals surface area contributed by atoms with E-state index in [1.807, 2.05) is 12.1 Å². The molecule has 18 heavy (non-hydrogen) atoms. The number of aliphatic hydroxyl groups is 1. The van der Waals surface area contributed by atoms with Gasteiger partial charge in [-0.3, -0.25) is 4.79 Å². The fraction of sp³-hybridized carbons (Fsp3) is 0.231. The van der Waals surface area contributed by atoms with Crippen molar-refractivity contribution in [3.63, 3.8) is 0 Å². The van der Waals surface area contributed by atoms with Crippen LogP contribution in [-0.2, 0) is 4.79 Å². The molecule has 0 saturated heterocycles. The molecule has 1 aliphatic heterocycles. The van der Waals surface area contributed by atoms with E-state index in [2.05, 4.69) is 4.99 Å². The van der Waals surface area contributed by atoms with Crippen LogP contribution in [0.3, 0.4) is 0 Å². The van der Waals surface area contributed by atoms with Gasteiger partial charge in [-0.1, -0.05) is 23.9 Å². The van der Waals surface area contributed by atoms with E-state index in [9.17, 15) is 9.90 Å². The third-order valence-corrected chi connectivity index (χ3v) is 3.45. The highest BCUT2D eigenvalue weighted by molar-refractivity contribution is 8.14. The summed E-state index contributed by atoms with van der Waals surface area (Å²) in [6.45, 7) is 1.71. The molecule has 4 nitrogen and oxygen atoms in total. The molecule has 1 aliphatic rings. The summed E-state index contributed by atoms with van der Waals surface area (Å²) >= 11 is 1.09. The molecule has 0 spiro atoms. The Morgan fingerprint density at radius 1 is 1.44 bits per heavy atom. The van der Waals surface area contributed by atoms with E-state index in [4.69, 9.17) is 4.74 Å². The summed E-state index contributed by atoms with van der Waals surface area (Å²) in [7, 11) is 1.57. The van der Waals surface area contributed by atoms with E-state index < -0.39 is 0 Å². The number of benzene rings is 1. The van der Waals surface area contributed by atoms with Crippen LogP contribution in [0, 0.1) is 0 Å². The Morgan fingerprint density at radius 3 is 2.78 bits per heavy atom. The summed E-state index contributed by atoms with van der Waals surface area (Å²) < 4.78 is 5.19. The number of rotatable bonds is 3. The van der Waals surface area contributed by atoms with Gasteiger partial charge in [0.15, 0.2) is 0 Å². The van der Waals surface area contributed by atoms with Crippen molar-refractivity contribution in [2.75, 3.05) is 12.9 Å². The Bertz CT molecular complexity index is 549. The van der Waals surface area contributed by atoms with E-state index in [1.54, 1.807) is 26.2 Å². The predicted octanol–water partition coefficient (Wildman–Crippen LogP) is 2.87. The molecule has 1 heterocycles. The lowest BCUT2D eigenvalue weighted by Crippen LogP contribution is -2.05. The normalized spacial score (nSPS) is 16.3. The number of aliphatic hydroxyl groups excluding tert-OH is 1. The van der Waals surface area contributed by atoms with Crippen molar-refractivity contribution < 1.29 is 14.6 Å². The molecule has 0 atom stereocenters. The first-order chi connectivity index (χ1) is 8.63. The SMILES string of the molecule is COc1ccccc1N=C(C)C1=C(O)CSC1=O. The second-order valence-corrected chi connectivity index (χ2v) is 4.72. The van der Waals surface area contributed by atoms with Crippen LogP contribution in [-0.4, -0.2) is 28.8 Å². The van der Waals surface area contributed by atoms with Crippen LogP contribution in [0.25, 0.3) is 0 Å². The first-order valence-corrected chi connectivity index (χ1v) is 6.40. The van der Waals surface area contributed by atoms with Gasteiger partial charge in [0.25, 0.3) is 0 Å². The zero-order valence-electron chi connectivity index (χ0n) is 10.1. The molecule has 94 valence electrons. The van der Waals surface area contributed by atoms with E-state index in [1.165, 1.54) is 0 Å². The van der Waals surface area contributed by atoms with Crippen LogP contribution in [0.5, 0.6) is 5.75 Å². The fourth-order valence-corrected chi connectivity index (χ4v) is 2.53. The van der Waals surface area contributed by atoms with Crippen molar-refractivity contribution in [2.24, 2.45) is 4.99 Å². The maximum Gasteiger partial charge on any atom is 0.225 e. The van der Waals surface area contributed by atoms with Gasteiger partial charge in [0.05, 0.1) is 24.1 Å². The molecule has 0 fully saturated rings. The smallest absolute Gasteiger partial charge is 0.225 e. The van der Waals surface area contributed by atoms with Gasteiger partial charge in [-0.15, -0.1) is 0 Å². The summed E-state index contributed by atoms with van der Waals surface area (Å²) in [5.74, 6) is 1.06. The number of hydrogen-bond donors (Lipinski definition) is 1. The monoisotopic (exact) mass is 263 g/mol. The topological polar surface area (TPSA) is 58.9 Å². The number of methoxy groups -OCH3 is 1. The molecular formula is C13H13NO3S. The van der Waals surface area contributed by atoms with Gasteiger partial charge >= 0.3 is 0 Å². The molecule has 1 aromatic rings. The van der Waals surface area contributed by atoms with Crippen molar-refractivity contribution >= 4 is 28.3 Å². The minimum Gasteiger partial charge on any atom is -0.511 e. The maximum absolute atomic E-state index is 11.6. The summed E-state index contributed by atoms with van der Waals surface area (Å²) in [4.78, 5) is 16.0. The number of thioether (sulfide) groups is 1. The first-order valence-electron chi connectivity index (χ1n) is 5.41. The number of carbonyl (C=O) groups is 1. The van der Waals surface area contributed by atoms with Crippen LogP contribution in [0.4, 0.5) is 5.69 Å². The van der Waals surface area contributed by atoms with Crippen molar-refractivity contribution in [3.05, 3.63) is 35.6 Å². The molecule has 0 bridgehead atoms. The molecule has 0 saturated carbocycles. The highest BCUT2D eigenvalue weighted by Gasteiger charge is 2.25. The van der Waals surface area contributed by atoms with Crippen molar-refractivity contribution in [1.29, 1.82) is 0 Å². The molecule has 5 heteroatoms. The zero-order chi connectivity index (χ0) is 13.1. The van der Waals surface area contributed by atoms with Gasteiger partial charge in [-0.25, -0.2) is 4.99 Å². The van der Waals surface area contributed by atoms with Crippen LogP contribution in [0.15, 0.2) is 40.6 Å². The number of ether oxygens (including phenoxy) is 1. The molecule has 0 amide bonds. The minimum absolute atomic E-state index is 0.0983. The van der Waals surface area contributed by atoms with Crippen LogP contribution in [0.1, 0.15) is 6.92 Å². The Morgan fingerprint density at radius 2 is 2.17 bits per heavy atom. The largest absolute Gasteiger partial charge is 0.511 e. The van der Waals surface area contributed by atoms with Gasteiger partial charge in [0, 0.05) is 0 Å². The highest BCUT2D eigenvalue weighted by atomic mass is 32.2. The quantitative estimate of drug-likeness (QED) is 0.852. The molecule has 2 rings (SSSR count). The van der Waals surface area contributed by atoms with Gasteiger partial charge in [-0.05, 0) is 19.1 Å².